The average molecular weight is 341 g/mol. The van der Waals surface area contributed by atoms with Gasteiger partial charge in [-0.15, -0.1) is 0 Å². The zero-order chi connectivity index (χ0) is 16.8. The number of carbonyl (C=O) groups excluding carboxylic acids is 2. The molecular weight excluding hydrogens is 322 g/mol. The Morgan fingerprint density at radius 1 is 1.12 bits per heavy atom. The van der Waals surface area contributed by atoms with Gasteiger partial charge in [0.25, 0.3) is 0 Å². The topological polar surface area (TPSA) is 61.4 Å². The van der Waals surface area contributed by atoms with Crippen LogP contribution in [0.25, 0.3) is 0 Å². The molecule has 2 N–H and O–H groups in total. The van der Waals surface area contributed by atoms with E-state index in [0.29, 0.717) is 13.1 Å². The number of hydrogen-bond acceptors (Lipinski definition) is 4. The maximum absolute atomic E-state index is 12.3. The van der Waals surface area contributed by atoms with Gasteiger partial charge in [-0.1, -0.05) is 42.1 Å². The van der Waals surface area contributed by atoms with Crippen molar-refractivity contribution in [1.29, 1.82) is 0 Å². The summed E-state index contributed by atoms with van der Waals surface area (Å²) < 4.78 is 0. The summed E-state index contributed by atoms with van der Waals surface area (Å²) in [5.74, 6) is -0.139. The third-order valence-corrected chi connectivity index (χ3v) is 4.70. The molecular formula is C18H19N3O2S. The second kappa shape index (κ2) is 7.99. The summed E-state index contributed by atoms with van der Waals surface area (Å²) in [6.07, 6.45) is 0. The van der Waals surface area contributed by atoms with Gasteiger partial charge in [-0.3, -0.25) is 14.5 Å². The summed E-state index contributed by atoms with van der Waals surface area (Å²) in [6.45, 7) is 1.78. The van der Waals surface area contributed by atoms with Crippen molar-refractivity contribution in [3.8, 4) is 0 Å². The molecule has 0 spiro atoms. The summed E-state index contributed by atoms with van der Waals surface area (Å²) in [5, 5.41) is 5.72. The number of benzene rings is 2. The molecule has 2 amide bonds. The van der Waals surface area contributed by atoms with E-state index in [-0.39, 0.29) is 24.9 Å². The lowest BCUT2D eigenvalue weighted by Gasteiger charge is -2.25. The third-order valence-electron chi connectivity index (χ3n) is 3.62. The predicted molar refractivity (Wildman–Crippen MR) is 95.1 cm³/mol. The molecule has 1 aliphatic rings. The minimum Gasteiger partial charge on any atom is -0.354 e. The van der Waals surface area contributed by atoms with Gasteiger partial charge < -0.3 is 10.6 Å². The first-order valence-corrected chi connectivity index (χ1v) is 8.63. The number of carbonyl (C=O) groups is 2. The highest BCUT2D eigenvalue weighted by Gasteiger charge is 2.19. The van der Waals surface area contributed by atoms with Crippen molar-refractivity contribution < 1.29 is 9.59 Å². The Balaban J connectivity index is 1.64. The van der Waals surface area contributed by atoms with Crippen LogP contribution in [0.4, 0.5) is 5.69 Å². The van der Waals surface area contributed by atoms with Crippen LogP contribution >= 0.6 is 11.8 Å². The summed E-state index contributed by atoms with van der Waals surface area (Å²) >= 11 is 1.61. The fourth-order valence-corrected chi connectivity index (χ4v) is 3.42. The molecule has 3 rings (SSSR count). The maximum Gasteiger partial charge on any atom is 0.238 e. The molecule has 2 aromatic carbocycles. The molecule has 0 saturated carbocycles. The highest BCUT2D eigenvalue weighted by atomic mass is 32.2. The van der Waals surface area contributed by atoms with Gasteiger partial charge in [-0.25, -0.2) is 0 Å². The molecule has 6 heteroatoms. The Kier molecular flexibility index (Phi) is 5.51. The fourth-order valence-electron chi connectivity index (χ4n) is 2.49. The Morgan fingerprint density at radius 3 is 2.67 bits per heavy atom. The fraction of sp³-hybridized carbons (Fsp3) is 0.222. The van der Waals surface area contributed by atoms with Crippen molar-refractivity contribution in [2.75, 3.05) is 31.5 Å². The van der Waals surface area contributed by atoms with E-state index in [1.54, 1.807) is 11.8 Å². The molecule has 1 fully saturated rings. The van der Waals surface area contributed by atoms with Crippen LogP contribution in [0.15, 0.2) is 64.4 Å². The molecule has 24 heavy (non-hydrogen) atoms. The number of rotatable bonds is 5. The van der Waals surface area contributed by atoms with Crippen molar-refractivity contribution in [2.24, 2.45) is 0 Å². The molecule has 5 nitrogen and oxygen atoms in total. The lowest BCUT2D eigenvalue weighted by molar-refractivity contribution is -0.125. The molecule has 1 heterocycles. The van der Waals surface area contributed by atoms with Crippen molar-refractivity contribution in [1.82, 2.24) is 10.2 Å². The minimum absolute atomic E-state index is 0.0333. The van der Waals surface area contributed by atoms with Crippen LogP contribution in [-0.2, 0) is 9.59 Å². The Labute approximate surface area is 145 Å². The number of nitrogens with zero attached hydrogens (tertiary/aromatic N) is 1. The van der Waals surface area contributed by atoms with Crippen molar-refractivity contribution in [2.45, 2.75) is 9.79 Å². The Bertz CT molecular complexity index is 721. The van der Waals surface area contributed by atoms with Crippen LogP contribution < -0.4 is 10.6 Å². The van der Waals surface area contributed by atoms with Gasteiger partial charge in [0.15, 0.2) is 0 Å². The molecule has 2 aromatic rings. The van der Waals surface area contributed by atoms with Gasteiger partial charge in [0.1, 0.15) is 0 Å². The highest BCUT2D eigenvalue weighted by molar-refractivity contribution is 7.99. The first kappa shape index (κ1) is 16.5. The molecule has 124 valence electrons. The lowest BCUT2D eigenvalue weighted by Crippen LogP contribution is -2.49. The molecule has 1 aliphatic heterocycles. The number of anilines is 1. The van der Waals surface area contributed by atoms with Gasteiger partial charge in [0, 0.05) is 22.9 Å². The summed E-state index contributed by atoms with van der Waals surface area (Å²) in [5.41, 5.74) is 0.790. The van der Waals surface area contributed by atoms with Crippen molar-refractivity contribution >= 4 is 29.3 Å². The van der Waals surface area contributed by atoms with E-state index in [0.717, 1.165) is 15.5 Å². The van der Waals surface area contributed by atoms with E-state index in [1.807, 2.05) is 59.5 Å². The van der Waals surface area contributed by atoms with Crippen LogP contribution in [-0.4, -0.2) is 42.9 Å². The number of amides is 2. The standard InChI is InChI=1S/C18H19N3O2S/c22-17-12-21(11-10-19-17)13-18(23)20-15-8-4-5-9-16(15)24-14-6-2-1-3-7-14/h1-9H,10-13H2,(H,19,22)(H,20,23). The van der Waals surface area contributed by atoms with Crippen LogP contribution in [0.1, 0.15) is 0 Å². The van der Waals surface area contributed by atoms with E-state index in [1.165, 1.54) is 0 Å². The van der Waals surface area contributed by atoms with Crippen LogP contribution in [0.3, 0.4) is 0 Å². The molecule has 0 bridgehead atoms. The number of para-hydroxylation sites is 1. The second-order valence-corrected chi connectivity index (χ2v) is 6.64. The second-order valence-electron chi connectivity index (χ2n) is 5.52. The Morgan fingerprint density at radius 2 is 1.88 bits per heavy atom. The van der Waals surface area contributed by atoms with E-state index in [4.69, 9.17) is 0 Å². The van der Waals surface area contributed by atoms with Gasteiger partial charge in [-0.05, 0) is 24.3 Å². The zero-order valence-corrected chi connectivity index (χ0v) is 14.0. The molecule has 0 unspecified atom stereocenters. The largest absolute Gasteiger partial charge is 0.354 e. The number of nitrogens with one attached hydrogen (secondary N) is 2. The summed E-state index contributed by atoms with van der Waals surface area (Å²) in [6, 6.07) is 17.8. The van der Waals surface area contributed by atoms with E-state index in [9.17, 15) is 9.59 Å². The molecule has 0 radical (unpaired) electrons. The molecule has 0 atom stereocenters. The smallest absolute Gasteiger partial charge is 0.238 e. The lowest BCUT2D eigenvalue weighted by atomic mass is 10.3. The van der Waals surface area contributed by atoms with Gasteiger partial charge in [0.05, 0.1) is 18.8 Å². The quantitative estimate of drug-likeness (QED) is 0.875. The van der Waals surface area contributed by atoms with Crippen molar-refractivity contribution in [3.63, 3.8) is 0 Å². The van der Waals surface area contributed by atoms with Crippen LogP contribution in [0, 0.1) is 0 Å². The monoisotopic (exact) mass is 341 g/mol. The van der Waals surface area contributed by atoms with E-state index < -0.39 is 0 Å². The first-order valence-electron chi connectivity index (χ1n) is 7.81. The van der Waals surface area contributed by atoms with Gasteiger partial charge >= 0.3 is 0 Å². The van der Waals surface area contributed by atoms with E-state index in [2.05, 4.69) is 10.6 Å². The normalized spacial score (nSPS) is 14.9. The third kappa shape index (κ3) is 4.59. The SMILES string of the molecule is O=C1CN(CC(=O)Nc2ccccc2Sc2ccccc2)CCN1. The Hall–Kier alpha value is -2.31. The van der Waals surface area contributed by atoms with Gasteiger partial charge in [-0.2, -0.15) is 0 Å². The zero-order valence-electron chi connectivity index (χ0n) is 13.2. The minimum atomic E-state index is -0.106. The first-order chi connectivity index (χ1) is 11.7. The molecule has 1 saturated heterocycles. The summed E-state index contributed by atoms with van der Waals surface area (Å²) in [7, 11) is 0. The average Bonchev–Trinajstić information content (AvgIpc) is 2.57. The summed E-state index contributed by atoms with van der Waals surface area (Å²) in [4.78, 5) is 27.6. The van der Waals surface area contributed by atoms with E-state index >= 15 is 0 Å². The predicted octanol–water partition coefficient (Wildman–Crippen LogP) is 2.21. The van der Waals surface area contributed by atoms with Gasteiger partial charge in [0.2, 0.25) is 11.8 Å². The molecule has 0 aliphatic carbocycles. The number of hydrogen-bond donors (Lipinski definition) is 2. The molecule has 0 aromatic heterocycles. The van der Waals surface area contributed by atoms with Crippen LogP contribution in [0.5, 0.6) is 0 Å². The van der Waals surface area contributed by atoms with Crippen molar-refractivity contribution in [3.05, 3.63) is 54.6 Å². The maximum atomic E-state index is 12.3. The van der Waals surface area contributed by atoms with Crippen LogP contribution in [0.2, 0.25) is 0 Å². The highest BCUT2D eigenvalue weighted by Crippen LogP contribution is 2.33. The number of piperazine rings is 1.